The first-order valence-corrected chi connectivity index (χ1v) is 5.70. The van der Waals surface area contributed by atoms with Crippen LogP contribution in [0.5, 0.6) is 11.5 Å². The van der Waals surface area contributed by atoms with E-state index in [1.165, 1.54) is 0 Å². The van der Waals surface area contributed by atoms with Gasteiger partial charge >= 0.3 is 0 Å². The standard InChI is InChI=1S/C14H22O2/c1-11-6-7-12(10-13(11)15-5)16-9-8-14(2,3)4/h6-7,10H,8-9H2,1-5H3. The van der Waals surface area contributed by atoms with Crippen molar-refractivity contribution in [1.82, 2.24) is 0 Å². The van der Waals surface area contributed by atoms with Crippen molar-refractivity contribution in [2.45, 2.75) is 34.1 Å². The van der Waals surface area contributed by atoms with E-state index in [2.05, 4.69) is 20.8 Å². The predicted octanol–water partition coefficient (Wildman–Crippen LogP) is 3.82. The summed E-state index contributed by atoms with van der Waals surface area (Å²) < 4.78 is 11.0. The Hall–Kier alpha value is -1.18. The van der Waals surface area contributed by atoms with Crippen LogP contribution in [0.2, 0.25) is 0 Å². The molecule has 0 spiro atoms. The predicted molar refractivity (Wildman–Crippen MR) is 67.3 cm³/mol. The molecule has 16 heavy (non-hydrogen) atoms. The molecule has 0 saturated carbocycles. The Labute approximate surface area is 98.6 Å². The average molecular weight is 222 g/mol. The van der Waals surface area contributed by atoms with Crippen molar-refractivity contribution in [2.24, 2.45) is 5.41 Å². The molecule has 2 nitrogen and oxygen atoms in total. The topological polar surface area (TPSA) is 18.5 Å². The van der Waals surface area contributed by atoms with Crippen LogP contribution in [0.25, 0.3) is 0 Å². The molecule has 0 saturated heterocycles. The lowest BCUT2D eigenvalue weighted by Gasteiger charge is -2.18. The lowest BCUT2D eigenvalue weighted by atomic mass is 9.93. The summed E-state index contributed by atoms with van der Waals surface area (Å²) in [6.45, 7) is 9.41. The Bertz CT molecular complexity index is 337. The molecule has 1 aromatic carbocycles. The van der Waals surface area contributed by atoms with Gasteiger partial charge in [-0.2, -0.15) is 0 Å². The van der Waals surface area contributed by atoms with E-state index >= 15 is 0 Å². The third-order valence-corrected chi connectivity index (χ3v) is 2.50. The molecule has 0 aliphatic rings. The molecule has 2 heteroatoms. The van der Waals surface area contributed by atoms with Gasteiger partial charge in [0.05, 0.1) is 13.7 Å². The Morgan fingerprint density at radius 2 is 1.88 bits per heavy atom. The van der Waals surface area contributed by atoms with Crippen LogP contribution in [-0.4, -0.2) is 13.7 Å². The van der Waals surface area contributed by atoms with Crippen LogP contribution in [-0.2, 0) is 0 Å². The molecule has 0 heterocycles. The summed E-state index contributed by atoms with van der Waals surface area (Å²) in [5.41, 5.74) is 1.44. The van der Waals surface area contributed by atoms with Gasteiger partial charge in [-0.05, 0) is 30.4 Å². The largest absolute Gasteiger partial charge is 0.496 e. The van der Waals surface area contributed by atoms with Gasteiger partial charge in [-0.1, -0.05) is 26.8 Å². The average Bonchev–Trinajstić information content (AvgIpc) is 2.18. The maximum absolute atomic E-state index is 5.70. The maximum atomic E-state index is 5.70. The zero-order valence-electron chi connectivity index (χ0n) is 11.0. The van der Waals surface area contributed by atoms with Gasteiger partial charge in [-0.25, -0.2) is 0 Å². The van der Waals surface area contributed by atoms with E-state index in [9.17, 15) is 0 Å². The van der Waals surface area contributed by atoms with E-state index in [-0.39, 0.29) is 0 Å². The third kappa shape index (κ3) is 4.13. The summed E-state index contributed by atoms with van der Waals surface area (Å²) in [4.78, 5) is 0. The van der Waals surface area contributed by atoms with E-state index in [0.717, 1.165) is 30.1 Å². The number of rotatable bonds is 4. The van der Waals surface area contributed by atoms with Crippen LogP contribution in [0.15, 0.2) is 18.2 Å². The first-order chi connectivity index (χ1) is 7.42. The molecule has 0 atom stereocenters. The molecular formula is C14H22O2. The Kier molecular flexibility index (Phi) is 4.22. The normalized spacial score (nSPS) is 11.3. The van der Waals surface area contributed by atoms with Gasteiger partial charge in [0.2, 0.25) is 0 Å². The van der Waals surface area contributed by atoms with Crippen molar-refractivity contribution in [2.75, 3.05) is 13.7 Å². The highest BCUT2D eigenvalue weighted by molar-refractivity contribution is 5.39. The van der Waals surface area contributed by atoms with Crippen molar-refractivity contribution in [3.05, 3.63) is 23.8 Å². The molecule has 0 N–H and O–H groups in total. The lowest BCUT2D eigenvalue weighted by Crippen LogP contribution is -2.11. The molecule has 0 unspecified atom stereocenters. The van der Waals surface area contributed by atoms with E-state index in [0.29, 0.717) is 5.41 Å². The number of ether oxygens (including phenoxy) is 2. The summed E-state index contributed by atoms with van der Waals surface area (Å²) in [5, 5.41) is 0. The number of methoxy groups -OCH3 is 1. The second kappa shape index (κ2) is 5.24. The fourth-order valence-electron chi connectivity index (χ4n) is 1.37. The molecule has 0 aromatic heterocycles. The van der Waals surface area contributed by atoms with Crippen molar-refractivity contribution in [3.8, 4) is 11.5 Å². The molecule has 90 valence electrons. The number of aryl methyl sites for hydroxylation is 1. The zero-order chi connectivity index (χ0) is 12.2. The maximum Gasteiger partial charge on any atom is 0.125 e. The first kappa shape index (κ1) is 12.9. The molecule has 0 radical (unpaired) electrons. The number of hydrogen-bond acceptors (Lipinski definition) is 2. The summed E-state index contributed by atoms with van der Waals surface area (Å²) in [6.07, 6.45) is 1.04. The molecule has 0 amide bonds. The third-order valence-electron chi connectivity index (χ3n) is 2.50. The van der Waals surface area contributed by atoms with Crippen LogP contribution < -0.4 is 9.47 Å². The first-order valence-electron chi connectivity index (χ1n) is 5.70. The number of hydrogen-bond donors (Lipinski definition) is 0. The van der Waals surface area contributed by atoms with Gasteiger partial charge in [0.1, 0.15) is 11.5 Å². The van der Waals surface area contributed by atoms with Gasteiger partial charge < -0.3 is 9.47 Å². The molecule has 0 bridgehead atoms. The van der Waals surface area contributed by atoms with Crippen LogP contribution in [0, 0.1) is 12.3 Å². The van der Waals surface area contributed by atoms with E-state index < -0.39 is 0 Å². The fraction of sp³-hybridized carbons (Fsp3) is 0.571. The SMILES string of the molecule is COc1cc(OCCC(C)(C)C)ccc1C. The molecule has 0 fully saturated rings. The monoisotopic (exact) mass is 222 g/mol. The lowest BCUT2D eigenvalue weighted by molar-refractivity contribution is 0.242. The van der Waals surface area contributed by atoms with Gasteiger partial charge in [0, 0.05) is 6.07 Å². The van der Waals surface area contributed by atoms with E-state index in [1.807, 2.05) is 25.1 Å². The molecule has 0 aliphatic carbocycles. The molecule has 1 aromatic rings. The second-order valence-corrected chi connectivity index (χ2v) is 5.29. The van der Waals surface area contributed by atoms with Gasteiger partial charge in [0.15, 0.2) is 0 Å². The minimum Gasteiger partial charge on any atom is -0.496 e. The van der Waals surface area contributed by atoms with Gasteiger partial charge in [-0.15, -0.1) is 0 Å². The highest BCUT2D eigenvalue weighted by atomic mass is 16.5. The van der Waals surface area contributed by atoms with Crippen molar-refractivity contribution >= 4 is 0 Å². The summed E-state index contributed by atoms with van der Waals surface area (Å²) in [7, 11) is 1.68. The van der Waals surface area contributed by atoms with Crippen LogP contribution in [0.1, 0.15) is 32.8 Å². The number of benzene rings is 1. The van der Waals surface area contributed by atoms with Crippen LogP contribution in [0.3, 0.4) is 0 Å². The van der Waals surface area contributed by atoms with Gasteiger partial charge in [0.25, 0.3) is 0 Å². The molecule has 1 rings (SSSR count). The molecule has 0 aliphatic heterocycles. The summed E-state index contributed by atoms with van der Waals surface area (Å²) >= 11 is 0. The summed E-state index contributed by atoms with van der Waals surface area (Å²) in [5.74, 6) is 1.76. The van der Waals surface area contributed by atoms with Crippen molar-refractivity contribution < 1.29 is 9.47 Å². The fourth-order valence-corrected chi connectivity index (χ4v) is 1.37. The Morgan fingerprint density at radius 1 is 1.19 bits per heavy atom. The highest BCUT2D eigenvalue weighted by Gasteiger charge is 2.10. The minimum absolute atomic E-state index is 0.314. The second-order valence-electron chi connectivity index (χ2n) is 5.29. The van der Waals surface area contributed by atoms with E-state index in [4.69, 9.17) is 9.47 Å². The van der Waals surface area contributed by atoms with Crippen molar-refractivity contribution in [3.63, 3.8) is 0 Å². The Balaban J connectivity index is 2.55. The smallest absolute Gasteiger partial charge is 0.125 e. The van der Waals surface area contributed by atoms with Crippen LogP contribution >= 0.6 is 0 Å². The minimum atomic E-state index is 0.314. The zero-order valence-corrected chi connectivity index (χ0v) is 11.0. The van der Waals surface area contributed by atoms with Crippen LogP contribution in [0.4, 0.5) is 0 Å². The van der Waals surface area contributed by atoms with Crippen molar-refractivity contribution in [1.29, 1.82) is 0 Å². The molecular weight excluding hydrogens is 200 g/mol. The quantitative estimate of drug-likeness (QED) is 0.771. The van der Waals surface area contributed by atoms with Gasteiger partial charge in [-0.3, -0.25) is 0 Å². The summed E-state index contributed by atoms with van der Waals surface area (Å²) in [6, 6.07) is 5.95. The Morgan fingerprint density at radius 3 is 2.44 bits per heavy atom. The van der Waals surface area contributed by atoms with E-state index in [1.54, 1.807) is 7.11 Å². The highest BCUT2D eigenvalue weighted by Crippen LogP contribution is 2.25.